The molecule has 0 amide bonds. The first-order chi connectivity index (χ1) is 9.93. The Morgan fingerprint density at radius 1 is 1.38 bits per heavy atom. The first-order valence-corrected chi connectivity index (χ1v) is 7.51. The zero-order valence-corrected chi connectivity index (χ0v) is 13.7. The summed E-state index contributed by atoms with van der Waals surface area (Å²) in [5, 5.41) is 14.9. The van der Waals surface area contributed by atoms with Crippen molar-refractivity contribution in [3.05, 3.63) is 45.2 Å². The number of hydrogen-bond donors (Lipinski definition) is 1. The van der Waals surface area contributed by atoms with Crippen LogP contribution in [-0.2, 0) is 13.2 Å². The molecule has 1 unspecified atom stereocenters. The topological polar surface area (TPSA) is 47.3 Å². The van der Waals surface area contributed by atoms with Gasteiger partial charge in [0.15, 0.2) is 0 Å². The number of aromatic nitrogens is 2. The number of aryl methyl sites for hydroxylation is 2. The number of nitrogens with zero attached hydrogens (tertiary/aromatic N) is 2. The van der Waals surface area contributed by atoms with Crippen LogP contribution in [0.5, 0.6) is 5.75 Å². The third-order valence-electron chi connectivity index (χ3n) is 3.26. The van der Waals surface area contributed by atoms with Crippen molar-refractivity contribution in [1.82, 2.24) is 9.78 Å². The van der Waals surface area contributed by atoms with Crippen LogP contribution in [0.1, 0.15) is 36.9 Å². The highest BCUT2D eigenvalue weighted by Crippen LogP contribution is 2.29. The van der Waals surface area contributed by atoms with Crippen molar-refractivity contribution in [2.45, 2.75) is 40.0 Å². The number of hydrogen-bond acceptors (Lipinski definition) is 3. The molecule has 0 aliphatic rings. The van der Waals surface area contributed by atoms with Crippen molar-refractivity contribution >= 4 is 23.2 Å². The summed E-state index contributed by atoms with van der Waals surface area (Å²) < 4.78 is 7.55. The molecule has 2 rings (SSSR count). The zero-order valence-electron chi connectivity index (χ0n) is 12.2. The molecule has 1 N–H and O–H groups in total. The molecule has 0 spiro atoms. The van der Waals surface area contributed by atoms with Gasteiger partial charge >= 0.3 is 0 Å². The van der Waals surface area contributed by atoms with E-state index >= 15 is 0 Å². The van der Waals surface area contributed by atoms with E-state index in [1.807, 2.05) is 18.5 Å². The van der Waals surface area contributed by atoms with E-state index in [0.29, 0.717) is 22.4 Å². The zero-order chi connectivity index (χ0) is 15.6. The van der Waals surface area contributed by atoms with Crippen molar-refractivity contribution in [2.24, 2.45) is 0 Å². The summed E-state index contributed by atoms with van der Waals surface area (Å²) in [5.41, 5.74) is 2.36. The Morgan fingerprint density at radius 2 is 2.10 bits per heavy atom. The van der Waals surface area contributed by atoms with E-state index in [4.69, 9.17) is 27.9 Å². The number of aliphatic hydroxyl groups excluding tert-OH is 1. The van der Waals surface area contributed by atoms with Crippen LogP contribution in [0.15, 0.2) is 18.2 Å². The normalized spacial score (nSPS) is 12.5. The highest BCUT2D eigenvalue weighted by molar-refractivity contribution is 6.32. The number of aliphatic hydroxyl groups is 1. The van der Waals surface area contributed by atoms with Gasteiger partial charge in [0.05, 0.1) is 27.5 Å². The minimum Gasteiger partial charge on any atom is -0.486 e. The number of ether oxygens (including phenoxy) is 1. The maximum atomic E-state index is 9.53. The minimum absolute atomic E-state index is 0.293. The van der Waals surface area contributed by atoms with Crippen LogP contribution in [0.25, 0.3) is 0 Å². The summed E-state index contributed by atoms with van der Waals surface area (Å²) in [6, 6.07) is 5.24. The van der Waals surface area contributed by atoms with Gasteiger partial charge in [-0.25, -0.2) is 0 Å². The van der Waals surface area contributed by atoms with Gasteiger partial charge in [0.1, 0.15) is 12.4 Å². The third-order valence-corrected chi connectivity index (χ3v) is 4.04. The van der Waals surface area contributed by atoms with E-state index in [-0.39, 0.29) is 0 Å². The van der Waals surface area contributed by atoms with Crippen LogP contribution in [-0.4, -0.2) is 14.9 Å². The summed E-state index contributed by atoms with van der Waals surface area (Å²) in [6.45, 7) is 6.57. The van der Waals surface area contributed by atoms with Gasteiger partial charge in [-0.05, 0) is 38.5 Å². The second-order valence-electron chi connectivity index (χ2n) is 4.82. The van der Waals surface area contributed by atoms with Gasteiger partial charge in [0.25, 0.3) is 0 Å². The van der Waals surface area contributed by atoms with Crippen LogP contribution in [0.4, 0.5) is 0 Å². The van der Waals surface area contributed by atoms with Gasteiger partial charge in [-0.1, -0.05) is 29.3 Å². The SMILES string of the molecule is CCn1nc(C)c(Cl)c1COc1ccc(C(C)O)cc1Cl. The molecule has 114 valence electrons. The molecule has 0 fully saturated rings. The summed E-state index contributed by atoms with van der Waals surface area (Å²) in [6.07, 6.45) is -0.560. The van der Waals surface area contributed by atoms with E-state index in [1.54, 1.807) is 25.1 Å². The Kier molecular flexibility index (Phi) is 5.14. The Labute approximate surface area is 134 Å². The Bertz CT molecular complexity index is 639. The molecule has 1 aromatic heterocycles. The van der Waals surface area contributed by atoms with Gasteiger partial charge in [-0.2, -0.15) is 5.10 Å². The molecule has 1 aromatic carbocycles. The lowest BCUT2D eigenvalue weighted by Gasteiger charge is -2.12. The van der Waals surface area contributed by atoms with Crippen molar-refractivity contribution < 1.29 is 9.84 Å². The van der Waals surface area contributed by atoms with Crippen molar-refractivity contribution in [2.75, 3.05) is 0 Å². The largest absolute Gasteiger partial charge is 0.486 e. The van der Waals surface area contributed by atoms with E-state index in [2.05, 4.69) is 5.10 Å². The molecular formula is C15H18Cl2N2O2. The van der Waals surface area contributed by atoms with Crippen LogP contribution in [0.3, 0.4) is 0 Å². The minimum atomic E-state index is -0.560. The van der Waals surface area contributed by atoms with Crippen molar-refractivity contribution in [3.63, 3.8) is 0 Å². The van der Waals surface area contributed by atoms with Crippen molar-refractivity contribution in [3.8, 4) is 5.75 Å². The van der Waals surface area contributed by atoms with Gasteiger partial charge in [-0.3, -0.25) is 4.68 Å². The van der Waals surface area contributed by atoms with Crippen LogP contribution >= 0.6 is 23.2 Å². The molecule has 1 atom stereocenters. The molecule has 0 saturated heterocycles. The Morgan fingerprint density at radius 3 is 2.67 bits per heavy atom. The van der Waals surface area contributed by atoms with E-state index in [9.17, 15) is 5.11 Å². The number of rotatable bonds is 5. The van der Waals surface area contributed by atoms with Gasteiger partial charge in [0, 0.05) is 6.54 Å². The predicted molar refractivity (Wildman–Crippen MR) is 84.1 cm³/mol. The summed E-state index contributed by atoms with van der Waals surface area (Å²) in [5.74, 6) is 0.554. The first kappa shape index (κ1) is 16.1. The summed E-state index contributed by atoms with van der Waals surface area (Å²) in [4.78, 5) is 0. The van der Waals surface area contributed by atoms with Crippen LogP contribution in [0, 0.1) is 6.92 Å². The molecule has 2 aromatic rings. The molecule has 0 bridgehead atoms. The molecular weight excluding hydrogens is 311 g/mol. The van der Waals surface area contributed by atoms with E-state index in [1.165, 1.54) is 0 Å². The fraction of sp³-hybridized carbons (Fsp3) is 0.400. The molecule has 0 saturated carbocycles. The highest BCUT2D eigenvalue weighted by atomic mass is 35.5. The Balaban J connectivity index is 2.17. The average molecular weight is 329 g/mol. The van der Waals surface area contributed by atoms with Gasteiger partial charge in [0.2, 0.25) is 0 Å². The van der Waals surface area contributed by atoms with Gasteiger partial charge in [-0.15, -0.1) is 0 Å². The lowest BCUT2D eigenvalue weighted by Crippen LogP contribution is -2.07. The third kappa shape index (κ3) is 3.51. The highest BCUT2D eigenvalue weighted by Gasteiger charge is 2.14. The fourth-order valence-electron chi connectivity index (χ4n) is 2.05. The summed E-state index contributed by atoms with van der Waals surface area (Å²) >= 11 is 12.4. The Hall–Kier alpha value is -1.23. The lowest BCUT2D eigenvalue weighted by molar-refractivity contribution is 0.199. The maximum Gasteiger partial charge on any atom is 0.138 e. The van der Waals surface area contributed by atoms with E-state index in [0.717, 1.165) is 23.5 Å². The predicted octanol–water partition coefficient (Wildman–Crippen LogP) is 4.15. The molecule has 4 nitrogen and oxygen atoms in total. The fourth-order valence-corrected chi connectivity index (χ4v) is 2.48. The second kappa shape index (κ2) is 6.69. The molecule has 0 aliphatic heterocycles. The van der Waals surface area contributed by atoms with Gasteiger partial charge < -0.3 is 9.84 Å². The van der Waals surface area contributed by atoms with Crippen LogP contribution in [0.2, 0.25) is 10.0 Å². The molecule has 0 radical (unpaired) electrons. The maximum absolute atomic E-state index is 9.53. The van der Waals surface area contributed by atoms with Crippen LogP contribution < -0.4 is 4.74 Å². The molecule has 1 heterocycles. The number of benzene rings is 1. The summed E-state index contributed by atoms with van der Waals surface area (Å²) in [7, 11) is 0. The monoisotopic (exact) mass is 328 g/mol. The van der Waals surface area contributed by atoms with Crippen molar-refractivity contribution in [1.29, 1.82) is 0 Å². The standard InChI is InChI=1S/C15H18Cl2N2O2/c1-4-19-13(15(17)9(2)18-19)8-21-14-6-5-11(10(3)20)7-12(14)16/h5-7,10,20H,4,8H2,1-3H3. The molecule has 6 heteroatoms. The first-order valence-electron chi connectivity index (χ1n) is 6.76. The second-order valence-corrected chi connectivity index (χ2v) is 5.60. The molecule has 0 aliphatic carbocycles. The van der Waals surface area contributed by atoms with E-state index < -0.39 is 6.10 Å². The molecule has 21 heavy (non-hydrogen) atoms. The average Bonchev–Trinajstić information content (AvgIpc) is 2.72. The lowest BCUT2D eigenvalue weighted by atomic mass is 10.1. The smallest absolute Gasteiger partial charge is 0.138 e. The number of halogens is 2. The quantitative estimate of drug-likeness (QED) is 0.896.